The molecule has 1 fully saturated rings. The highest BCUT2D eigenvalue weighted by atomic mass is 14.9. The van der Waals surface area contributed by atoms with Crippen molar-refractivity contribution in [2.75, 3.05) is 13.1 Å². The van der Waals surface area contributed by atoms with Gasteiger partial charge in [0.2, 0.25) is 0 Å². The summed E-state index contributed by atoms with van der Waals surface area (Å²) in [7, 11) is 0. The number of hydrogen-bond acceptors (Lipinski definition) is 1. The average Bonchev–Trinajstić information content (AvgIpc) is 2.78. The Balaban J connectivity index is 2.02. The quantitative estimate of drug-likeness (QED) is 0.817. The maximum atomic E-state index is 3.39. The Kier molecular flexibility index (Phi) is 3.68. The van der Waals surface area contributed by atoms with E-state index >= 15 is 0 Å². The zero-order valence-corrected chi connectivity index (χ0v) is 11.2. The van der Waals surface area contributed by atoms with Crippen LogP contribution in [0.5, 0.6) is 0 Å². The van der Waals surface area contributed by atoms with Gasteiger partial charge in [0.1, 0.15) is 0 Å². The lowest BCUT2D eigenvalue weighted by Crippen LogP contribution is -2.10. The number of nitrogens with one attached hydrogen (secondary N) is 1. The molecule has 0 aromatic heterocycles. The number of hydrogen-bond donors (Lipinski definition) is 1. The molecule has 1 aromatic rings. The van der Waals surface area contributed by atoms with E-state index in [1.54, 1.807) is 0 Å². The fraction of sp³-hybridized carbons (Fsp3) is 0.500. The third-order valence-corrected chi connectivity index (χ3v) is 3.44. The third-order valence-electron chi connectivity index (χ3n) is 3.44. The molecule has 0 spiro atoms. The molecule has 2 rings (SSSR count). The van der Waals surface area contributed by atoms with Gasteiger partial charge in [0, 0.05) is 6.54 Å². The zero-order valence-electron chi connectivity index (χ0n) is 11.2. The highest BCUT2D eigenvalue weighted by molar-refractivity contribution is 5.50. The summed E-state index contributed by atoms with van der Waals surface area (Å²) in [6, 6.07) is 8.93. The monoisotopic (exact) mass is 229 g/mol. The van der Waals surface area contributed by atoms with Gasteiger partial charge < -0.3 is 5.32 Å². The summed E-state index contributed by atoms with van der Waals surface area (Å²) < 4.78 is 0. The third kappa shape index (κ3) is 3.44. The predicted octanol–water partition coefficient (Wildman–Crippen LogP) is 3.61. The zero-order chi connectivity index (χ0) is 12.3. The van der Waals surface area contributed by atoms with E-state index in [2.05, 4.69) is 62.5 Å². The molecular weight excluding hydrogens is 206 g/mol. The van der Waals surface area contributed by atoms with Crippen LogP contribution in [0.1, 0.15) is 38.3 Å². The van der Waals surface area contributed by atoms with Crippen LogP contribution >= 0.6 is 0 Å². The lowest BCUT2D eigenvalue weighted by atomic mass is 9.86. The van der Waals surface area contributed by atoms with Crippen molar-refractivity contribution in [3.05, 3.63) is 41.5 Å². The first kappa shape index (κ1) is 12.4. The van der Waals surface area contributed by atoms with Gasteiger partial charge in [-0.1, -0.05) is 57.2 Å². The van der Waals surface area contributed by atoms with E-state index < -0.39 is 0 Å². The summed E-state index contributed by atoms with van der Waals surface area (Å²) in [6.07, 6.45) is 5.87. The van der Waals surface area contributed by atoms with E-state index in [-0.39, 0.29) is 5.41 Å². The van der Waals surface area contributed by atoms with Crippen LogP contribution in [0.4, 0.5) is 0 Å². The average molecular weight is 229 g/mol. The molecule has 1 N–H and O–H groups in total. The van der Waals surface area contributed by atoms with Crippen LogP contribution in [-0.2, 0) is 5.41 Å². The van der Waals surface area contributed by atoms with Crippen molar-refractivity contribution in [1.82, 2.24) is 5.32 Å². The highest BCUT2D eigenvalue weighted by Crippen LogP contribution is 2.22. The maximum absolute atomic E-state index is 3.39. The summed E-state index contributed by atoms with van der Waals surface area (Å²) in [5.41, 5.74) is 2.96. The Morgan fingerprint density at radius 1 is 1.18 bits per heavy atom. The molecule has 92 valence electrons. The van der Waals surface area contributed by atoms with E-state index in [0.717, 1.165) is 19.0 Å². The van der Waals surface area contributed by atoms with Crippen molar-refractivity contribution in [2.24, 2.45) is 5.92 Å². The summed E-state index contributed by atoms with van der Waals surface area (Å²) in [6.45, 7) is 9.06. The molecule has 0 amide bonds. The molecule has 1 heterocycles. The summed E-state index contributed by atoms with van der Waals surface area (Å²) in [5.74, 6) is 0.720. The Morgan fingerprint density at radius 2 is 1.88 bits per heavy atom. The molecular formula is C16H23N. The summed E-state index contributed by atoms with van der Waals surface area (Å²) in [4.78, 5) is 0. The molecule has 0 unspecified atom stereocenters. The molecule has 0 radical (unpaired) electrons. The predicted molar refractivity (Wildman–Crippen MR) is 75.2 cm³/mol. The van der Waals surface area contributed by atoms with E-state index in [1.807, 2.05) is 0 Å². The minimum Gasteiger partial charge on any atom is -0.316 e. The largest absolute Gasteiger partial charge is 0.316 e. The normalized spacial score (nSPS) is 21.2. The van der Waals surface area contributed by atoms with E-state index in [9.17, 15) is 0 Å². The van der Waals surface area contributed by atoms with Gasteiger partial charge in [-0.15, -0.1) is 0 Å². The van der Waals surface area contributed by atoms with Gasteiger partial charge in [-0.05, 0) is 35.4 Å². The SMILES string of the molecule is CC(C)(C)c1ccc(C=C[C@H]2CCNC2)cc1. The second kappa shape index (κ2) is 5.05. The molecule has 1 aromatic carbocycles. The molecule has 1 atom stereocenters. The molecule has 17 heavy (non-hydrogen) atoms. The molecule has 1 nitrogen and oxygen atoms in total. The van der Waals surface area contributed by atoms with Crippen molar-refractivity contribution in [3.8, 4) is 0 Å². The Morgan fingerprint density at radius 3 is 2.41 bits per heavy atom. The Labute approximate surface area is 105 Å². The van der Waals surface area contributed by atoms with Gasteiger partial charge in [-0.3, -0.25) is 0 Å². The lowest BCUT2D eigenvalue weighted by Gasteiger charge is -2.18. The van der Waals surface area contributed by atoms with Crippen molar-refractivity contribution in [2.45, 2.75) is 32.6 Å². The van der Waals surface area contributed by atoms with Gasteiger partial charge in [-0.2, -0.15) is 0 Å². The molecule has 0 saturated carbocycles. The lowest BCUT2D eigenvalue weighted by molar-refractivity contribution is 0.590. The van der Waals surface area contributed by atoms with Gasteiger partial charge >= 0.3 is 0 Å². The van der Waals surface area contributed by atoms with Crippen molar-refractivity contribution < 1.29 is 0 Å². The Bertz CT molecular complexity index is 375. The van der Waals surface area contributed by atoms with Crippen LogP contribution in [0, 0.1) is 5.92 Å². The van der Waals surface area contributed by atoms with E-state index in [0.29, 0.717) is 0 Å². The second-order valence-corrected chi connectivity index (χ2v) is 5.98. The van der Waals surface area contributed by atoms with Gasteiger partial charge in [0.05, 0.1) is 0 Å². The smallest absolute Gasteiger partial charge is 0.00148 e. The Hall–Kier alpha value is -1.08. The van der Waals surface area contributed by atoms with Gasteiger partial charge in [0.15, 0.2) is 0 Å². The van der Waals surface area contributed by atoms with E-state index in [4.69, 9.17) is 0 Å². The van der Waals surface area contributed by atoms with Gasteiger partial charge in [0.25, 0.3) is 0 Å². The summed E-state index contributed by atoms with van der Waals surface area (Å²) >= 11 is 0. The first-order chi connectivity index (χ1) is 8.05. The number of rotatable bonds is 2. The molecule has 1 aliphatic heterocycles. The first-order valence-electron chi connectivity index (χ1n) is 6.55. The van der Waals surface area contributed by atoms with Crippen LogP contribution in [0.15, 0.2) is 30.3 Å². The van der Waals surface area contributed by atoms with Gasteiger partial charge in [-0.25, -0.2) is 0 Å². The molecule has 0 bridgehead atoms. The van der Waals surface area contributed by atoms with Crippen LogP contribution in [0.3, 0.4) is 0 Å². The first-order valence-corrected chi connectivity index (χ1v) is 6.55. The van der Waals surface area contributed by atoms with Crippen LogP contribution < -0.4 is 5.32 Å². The van der Waals surface area contributed by atoms with Crippen molar-refractivity contribution >= 4 is 6.08 Å². The minimum absolute atomic E-state index is 0.248. The van der Waals surface area contributed by atoms with Crippen LogP contribution in [0.2, 0.25) is 0 Å². The van der Waals surface area contributed by atoms with Crippen LogP contribution in [0.25, 0.3) is 6.08 Å². The topological polar surface area (TPSA) is 12.0 Å². The molecule has 1 aliphatic rings. The van der Waals surface area contributed by atoms with Crippen molar-refractivity contribution in [1.29, 1.82) is 0 Å². The fourth-order valence-electron chi connectivity index (χ4n) is 2.18. The molecule has 0 aliphatic carbocycles. The van der Waals surface area contributed by atoms with E-state index in [1.165, 1.54) is 17.5 Å². The fourth-order valence-corrected chi connectivity index (χ4v) is 2.18. The number of benzene rings is 1. The summed E-state index contributed by atoms with van der Waals surface area (Å²) in [5, 5.41) is 3.39. The molecule has 1 heteroatoms. The second-order valence-electron chi connectivity index (χ2n) is 5.98. The van der Waals surface area contributed by atoms with Crippen LogP contribution in [-0.4, -0.2) is 13.1 Å². The minimum atomic E-state index is 0.248. The highest BCUT2D eigenvalue weighted by Gasteiger charge is 2.13. The molecule has 1 saturated heterocycles. The maximum Gasteiger partial charge on any atom is 0.00148 e. The van der Waals surface area contributed by atoms with Crippen molar-refractivity contribution in [3.63, 3.8) is 0 Å². The standard InChI is InChI=1S/C16H23N/c1-16(2,3)15-8-6-13(7-9-15)4-5-14-10-11-17-12-14/h4-9,14,17H,10-12H2,1-3H3/t14-/m0/s1.